The Balaban J connectivity index is 0.00000287. The number of likely N-dealkylation sites (N-methyl/N-ethyl adjacent to an activating group) is 2. The van der Waals surface area contributed by atoms with Crippen molar-refractivity contribution in [2.75, 3.05) is 66.5 Å². The fourth-order valence-electron chi connectivity index (χ4n) is 3.80. The minimum Gasteiger partial charge on any atom is -0.451 e. The van der Waals surface area contributed by atoms with Gasteiger partial charge in [-0.25, -0.2) is 22.1 Å². The Bertz CT molecular complexity index is 1190. The van der Waals surface area contributed by atoms with Gasteiger partial charge in [0.15, 0.2) is 17.4 Å². The number of carbonyl (C=O) groups excluding carboxylic acids is 2. The minimum atomic E-state index is -2.10. The van der Waals surface area contributed by atoms with Crippen LogP contribution in [-0.4, -0.2) is 102 Å². The molecule has 0 aromatic heterocycles. The van der Waals surface area contributed by atoms with Crippen molar-refractivity contribution in [3.8, 4) is 24.3 Å². The Hall–Kier alpha value is -3.24. The Morgan fingerprint density at radius 3 is 2.22 bits per heavy atom. The number of piperazine rings is 1. The molecule has 1 fully saturated rings. The number of nitrogens with zero attached hydrogens (tertiary/aromatic N) is 4. The summed E-state index contributed by atoms with van der Waals surface area (Å²) in [6.07, 6.45) is 8.71. The van der Waals surface area contributed by atoms with E-state index >= 15 is 0 Å². The van der Waals surface area contributed by atoms with Crippen LogP contribution in [0.2, 0.25) is 5.02 Å². The van der Waals surface area contributed by atoms with Crippen LogP contribution in [0.5, 0.6) is 11.5 Å². The molecule has 0 aliphatic carbocycles. The Morgan fingerprint density at radius 1 is 1.07 bits per heavy atom. The number of rotatable bonds is 11. The summed E-state index contributed by atoms with van der Waals surface area (Å²) >= 11 is 5.84. The first kappa shape index (κ1) is 34.0. The van der Waals surface area contributed by atoms with Gasteiger partial charge in [0, 0.05) is 57.9 Å². The van der Waals surface area contributed by atoms with Crippen molar-refractivity contribution in [3.63, 3.8) is 0 Å². The van der Waals surface area contributed by atoms with Crippen molar-refractivity contribution in [2.24, 2.45) is 0 Å². The van der Waals surface area contributed by atoms with Gasteiger partial charge in [-0.3, -0.25) is 4.79 Å². The van der Waals surface area contributed by atoms with Crippen LogP contribution in [0.1, 0.15) is 13.3 Å². The molecule has 1 unspecified atom stereocenters. The summed E-state index contributed by atoms with van der Waals surface area (Å²) in [5, 5.41) is 3.15. The molecule has 2 aromatic carbocycles. The topological polar surface area (TPSA) is 85.4 Å². The molecule has 0 bridgehead atoms. The number of hydrogen-bond donors (Lipinski definition) is 1. The van der Waals surface area contributed by atoms with E-state index in [-0.39, 0.29) is 42.2 Å². The number of hydrogen-bond acceptors (Lipinski definition) is 5. The van der Waals surface area contributed by atoms with Gasteiger partial charge in [0.1, 0.15) is 16.7 Å². The zero-order valence-corrected chi connectivity index (χ0v) is 25.0. The highest BCUT2D eigenvalue weighted by Crippen LogP contribution is 2.30. The van der Waals surface area contributed by atoms with Crippen molar-refractivity contribution in [3.05, 3.63) is 53.1 Å². The summed E-state index contributed by atoms with van der Waals surface area (Å²) in [5.74, 6) is -2.96. The molecule has 41 heavy (non-hydrogen) atoms. The van der Waals surface area contributed by atoms with Crippen LogP contribution < -0.4 is 10.1 Å². The largest absolute Gasteiger partial charge is 0.451 e. The first-order chi connectivity index (χ1) is 19.6. The lowest BCUT2D eigenvalue weighted by molar-refractivity contribution is -0.121. The van der Waals surface area contributed by atoms with Gasteiger partial charge in [-0.15, -0.1) is 12.8 Å². The van der Waals surface area contributed by atoms with Crippen molar-refractivity contribution in [2.45, 2.75) is 18.2 Å². The maximum Gasteiger partial charge on any atom is 0.319 e. The SMILES string of the molecule is C#C.CCCNC(=O)CN(CCN(C)C(=O)N1CCN(C)CC1)S(=O)c1cc(F)c(Oc2ccc(Cl)cc2)c(F)c1. The third kappa shape index (κ3) is 10.3. The molecule has 1 N–H and O–H groups in total. The summed E-state index contributed by atoms with van der Waals surface area (Å²) in [6, 6.07) is 7.62. The summed E-state index contributed by atoms with van der Waals surface area (Å²) in [4.78, 5) is 30.5. The molecule has 1 aliphatic heterocycles. The first-order valence-corrected chi connectivity index (χ1v) is 14.5. The number of halogens is 3. The highest BCUT2D eigenvalue weighted by Gasteiger charge is 2.26. The van der Waals surface area contributed by atoms with Gasteiger partial charge < -0.3 is 24.8 Å². The number of urea groups is 1. The van der Waals surface area contributed by atoms with Crippen molar-refractivity contribution in [1.29, 1.82) is 0 Å². The molecule has 1 heterocycles. The quantitative estimate of drug-likeness (QED) is 0.391. The Kier molecular flexibility index (Phi) is 14.0. The predicted molar refractivity (Wildman–Crippen MR) is 156 cm³/mol. The van der Waals surface area contributed by atoms with E-state index in [1.54, 1.807) is 11.9 Å². The molecule has 13 heteroatoms. The van der Waals surface area contributed by atoms with Gasteiger partial charge in [-0.05, 0) is 49.9 Å². The van der Waals surface area contributed by atoms with E-state index in [4.69, 9.17) is 16.3 Å². The normalized spacial score (nSPS) is 14.1. The van der Waals surface area contributed by atoms with Crippen LogP contribution in [0, 0.1) is 24.5 Å². The molecule has 224 valence electrons. The van der Waals surface area contributed by atoms with Gasteiger partial charge >= 0.3 is 6.03 Å². The highest BCUT2D eigenvalue weighted by molar-refractivity contribution is 7.82. The second kappa shape index (κ2) is 16.9. The van der Waals surface area contributed by atoms with E-state index in [2.05, 4.69) is 23.1 Å². The number of nitrogens with one attached hydrogen (secondary N) is 1. The molecule has 1 saturated heterocycles. The number of benzene rings is 2. The Morgan fingerprint density at radius 2 is 1.66 bits per heavy atom. The fraction of sp³-hybridized carbons (Fsp3) is 0.429. The first-order valence-electron chi connectivity index (χ1n) is 13.0. The van der Waals surface area contributed by atoms with E-state index in [0.29, 0.717) is 31.1 Å². The smallest absolute Gasteiger partial charge is 0.319 e. The van der Waals surface area contributed by atoms with Crippen LogP contribution in [-0.2, 0) is 15.8 Å². The Labute approximate surface area is 247 Å². The van der Waals surface area contributed by atoms with Crippen molar-refractivity contribution < 1.29 is 27.3 Å². The van der Waals surface area contributed by atoms with E-state index in [1.165, 1.54) is 33.5 Å². The number of amides is 3. The monoisotopic (exact) mass is 611 g/mol. The molecule has 0 radical (unpaired) electrons. The lowest BCUT2D eigenvalue weighted by atomic mass is 10.3. The third-order valence-electron chi connectivity index (χ3n) is 6.12. The van der Waals surface area contributed by atoms with Crippen LogP contribution in [0.3, 0.4) is 0 Å². The van der Waals surface area contributed by atoms with Crippen LogP contribution in [0.15, 0.2) is 41.3 Å². The average molecular weight is 612 g/mol. The lowest BCUT2D eigenvalue weighted by Gasteiger charge is -2.35. The maximum atomic E-state index is 14.9. The zero-order valence-electron chi connectivity index (χ0n) is 23.4. The maximum absolute atomic E-state index is 14.9. The van der Waals surface area contributed by atoms with Crippen molar-refractivity contribution >= 4 is 34.5 Å². The van der Waals surface area contributed by atoms with E-state index in [1.807, 2.05) is 14.0 Å². The number of terminal acetylenes is 1. The molecule has 2 aromatic rings. The van der Waals surface area contributed by atoms with E-state index in [0.717, 1.165) is 25.2 Å². The standard InChI is InChI=1S/C26H34ClF2N5O4S.C2H2/c1-4-9-30-24(35)18-34(15-12-32(3)26(36)33-13-10-31(2)11-14-33)39(37)21-16-22(28)25(23(29)17-21)38-20-7-5-19(27)6-8-20;1-2/h5-8,16-17H,4,9-15,18H2,1-3H3,(H,30,35);1-2H. The van der Waals surface area contributed by atoms with Crippen LogP contribution in [0.4, 0.5) is 13.6 Å². The molecule has 1 atom stereocenters. The highest BCUT2D eigenvalue weighted by atomic mass is 35.5. The number of carbonyl (C=O) groups is 2. The summed E-state index contributed by atoms with van der Waals surface area (Å²) in [7, 11) is 1.51. The molecule has 0 saturated carbocycles. The second-order valence-corrected chi connectivity index (χ2v) is 11.2. The lowest BCUT2D eigenvalue weighted by Crippen LogP contribution is -2.52. The van der Waals surface area contributed by atoms with Crippen LogP contribution in [0.25, 0.3) is 0 Å². The second-order valence-electron chi connectivity index (χ2n) is 9.23. The summed E-state index contributed by atoms with van der Waals surface area (Å²) in [5.41, 5.74) is 0. The molecule has 0 spiro atoms. The van der Waals surface area contributed by atoms with Gasteiger partial charge in [-0.2, -0.15) is 0 Å². The molecule has 3 amide bonds. The van der Waals surface area contributed by atoms with Crippen LogP contribution >= 0.6 is 11.6 Å². The van der Waals surface area contributed by atoms with Gasteiger partial charge in [0.25, 0.3) is 0 Å². The summed E-state index contributed by atoms with van der Waals surface area (Å²) < 4.78 is 49.8. The van der Waals surface area contributed by atoms with Gasteiger partial charge in [0.05, 0.1) is 11.4 Å². The predicted octanol–water partition coefficient (Wildman–Crippen LogP) is 3.81. The molecule has 1 aliphatic rings. The number of ether oxygens (including phenoxy) is 1. The third-order valence-corrected chi connectivity index (χ3v) is 7.79. The zero-order chi connectivity index (χ0) is 30.5. The van der Waals surface area contributed by atoms with Crippen molar-refractivity contribution in [1.82, 2.24) is 24.3 Å². The van der Waals surface area contributed by atoms with Gasteiger partial charge in [0.2, 0.25) is 5.91 Å². The molecule has 3 rings (SSSR count). The van der Waals surface area contributed by atoms with Gasteiger partial charge in [-0.1, -0.05) is 18.5 Å². The minimum absolute atomic E-state index is 0.0361. The van der Waals surface area contributed by atoms with E-state index in [9.17, 15) is 22.6 Å². The molecule has 9 nitrogen and oxygen atoms in total. The molecular formula is C28H36ClF2N5O4S. The summed E-state index contributed by atoms with van der Waals surface area (Å²) in [6.45, 7) is 4.96. The molecular weight excluding hydrogens is 576 g/mol. The fourth-order valence-corrected chi connectivity index (χ4v) is 5.12. The average Bonchev–Trinajstić information content (AvgIpc) is 2.97. The van der Waals surface area contributed by atoms with E-state index < -0.39 is 28.4 Å².